The van der Waals surface area contributed by atoms with Crippen molar-refractivity contribution in [1.29, 1.82) is 0 Å². The zero-order valence-corrected chi connectivity index (χ0v) is 11.7. The molecule has 1 fully saturated rings. The van der Waals surface area contributed by atoms with E-state index in [1.165, 1.54) is 10.5 Å². The van der Waals surface area contributed by atoms with E-state index in [0.29, 0.717) is 26.2 Å². The van der Waals surface area contributed by atoms with E-state index in [0.717, 1.165) is 6.42 Å². The minimum atomic E-state index is -3.41. The normalized spacial score (nSPS) is 25.7. The second-order valence-electron chi connectivity index (χ2n) is 5.14. The van der Waals surface area contributed by atoms with Crippen LogP contribution in [0.25, 0.3) is 0 Å². The quantitative estimate of drug-likeness (QED) is 0.852. The van der Waals surface area contributed by atoms with Gasteiger partial charge in [-0.2, -0.15) is 9.40 Å². The highest BCUT2D eigenvalue weighted by molar-refractivity contribution is 7.89. The zero-order chi connectivity index (χ0) is 13.4. The number of nitrogens with zero attached hydrogens (tertiary/aromatic N) is 3. The summed E-state index contributed by atoms with van der Waals surface area (Å²) in [6.45, 7) is 6.14. The molecule has 1 aromatic heterocycles. The number of hydrogen-bond acceptors (Lipinski definition) is 4. The number of nitrogens with two attached hydrogens (primary N) is 1. The van der Waals surface area contributed by atoms with E-state index in [-0.39, 0.29) is 10.3 Å². The number of aryl methyl sites for hydroxylation is 1. The molecule has 0 amide bonds. The Kier molecular flexibility index (Phi) is 3.48. The number of sulfonamides is 1. The van der Waals surface area contributed by atoms with Crippen LogP contribution >= 0.6 is 0 Å². The second-order valence-corrected chi connectivity index (χ2v) is 7.07. The van der Waals surface area contributed by atoms with Gasteiger partial charge in [0.05, 0.1) is 6.20 Å². The largest absolute Gasteiger partial charge is 0.330 e. The summed E-state index contributed by atoms with van der Waals surface area (Å²) < 4.78 is 27.9. The summed E-state index contributed by atoms with van der Waals surface area (Å²) in [5.41, 5.74) is 5.60. The fourth-order valence-corrected chi connectivity index (χ4v) is 3.70. The molecule has 1 unspecified atom stereocenters. The summed E-state index contributed by atoms with van der Waals surface area (Å²) in [4.78, 5) is 0.269. The predicted molar refractivity (Wildman–Crippen MR) is 68.4 cm³/mol. The van der Waals surface area contributed by atoms with Crippen molar-refractivity contribution in [2.45, 2.75) is 31.7 Å². The van der Waals surface area contributed by atoms with Crippen molar-refractivity contribution in [3.63, 3.8) is 0 Å². The third kappa shape index (κ3) is 2.30. The lowest BCUT2D eigenvalue weighted by Gasteiger charge is -2.21. The standard InChI is InChI=1S/C11H20N4O2S/c1-3-14-7-10(6-13-14)18(16,17)15-5-4-11(2,8-12)9-15/h6-7H,3-5,8-9,12H2,1-2H3. The Morgan fingerprint density at radius 1 is 1.56 bits per heavy atom. The first-order valence-electron chi connectivity index (χ1n) is 6.14. The molecule has 1 aliphatic rings. The average Bonchev–Trinajstić information content (AvgIpc) is 2.96. The Balaban J connectivity index is 2.22. The first-order chi connectivity index (χ1) is 8.41. The van der Waals surface area contributed by atoms with Gasteiger partial charge >= 0.3 is 0 Å². The molecular weight excluding hydrogens is 252 g/mol. The topological polar surface area (TPSA) is 81.2 Å². The van der Waals surface area contributed by atoms with E-state index in [1.807, 2.05) is 13.8 Å². The van der Waals surface area contributed by atoms with Gasteiger partial charge in [0, 0.05) is 25.8 Å². The molecule has 0 saturated carbocycles. The summed E-state index contributed by atoms with van der Waals surface area (Å²) in [5, 5.41) is 4.02. The van der Waals surface area contributed by atoms with Crippen molar-refractivity contribution >= 4 is 10.0 Å². The Hall–Kier alpha value is -0.920. The Morgan fingerprint density at radius 3 is 2.78 bits per heavy atom. The summed E-state index contributed by atoms with van der Waals surface area (Å²) in [6, 6.07) is 0. The van der Waals surface area contributed by atoms with Crippen molar-refractivity contribution < 1.29 is 8.42 Å². The van der Waals surface area contributed by atoms with Crippen LogP contribution in [0.5, 0.6) is 0 Å². The highest BCUT2D eigenvalue weighted by atomic mass is 32.2. The van der Waals surface area contributed by atoms with E-state index >= 15 is 0 Å². The molecule has 7 heteroatoms. The Bertz CT molecular complexity index is 525. The second kappa shape index (κ2) is 4.64. The van der Waals surface area contributed by atoms with Crippen LogP contribution < -0.4 is 5.73 Å². The Labute approximate surface area is 108 Å². The van der Waals surface area contributed by atoms with Gasteiger partial charge < -0.3 is 5.73 Å². The summed E-state index contributed by atoms with van der Waals surface area (Å²) in [5.74, 6) is 0. The maximum Gasteiger partial charge on any atom is 0.246 e. The molecule has 0 spiro atoms. The third-order valence-electron chi connectivity index (χ3n) is 3.59. The molecule has 6 nitrogen and oxygen atoms in total. The van der Waals surface area contributed by atoms with Gasteiger partial charge in [-0.1, -0.05) is 6.92 Å². The van der Waals surface area contributed by atoms with Crippen LogP contribution in [0.15, 0.2) is 17.3 Å². The lowest BCUT2D eigenvalue weighted by atomic mass is 9.90. The number of hydrogen-bond donors (Lipinski definition) is 1. The molecule has 2 heterocycles. The SMILES string of the molecule is CCn1cc(S(=O)(=O)N2CCC(C)(CN)C2)cn1. The van der Waals surface area contributed by atoms with E-state index in [4.69, 9.17) is 5.73 Å². The summed E-state index contributed by atoms with van der Waals surface area (Å²) in [7, 11) is -3.41. The van der Waals surface area contributed by atoms with Gasteiger partial charge in [-0.3, -0.25) is 4.68 Å². The van der Waals surface area contributed by atoms with Crippen LogP contribution in [0.4, 0.5) is 0 Å². The molecule has 0 aromatic carbocycles. The molecular formula is C11H20N4O2S. The molecule has 2 rings (SSSR count). The first-order valence-corrected chi connectivity index (χ1v) is 7.58. The molecule has 18 heavy (non-hydrogen) atoms. The van der Waals surface area contributed by atoms with Gasteiger partial charge in [-0.15, -0.1) is 0 Å². The van der Waals surface area contributed by atoms with Crippen molar-refractivity contribution in [1.82, 2.24) is 14.1 Å². The van der Waals surface area contributed by atoms with Crippen LogP contribution in [0.1, 0.15) is 20.3 Å². The van der Waals surface area contributed by atoms with Gasteiger partial charge in [0.25, 0.3) is 0 Å². The molecule has 1 aliphatic heterocycles. The molecule has 2 N–H and O–H groups in total. The predicted octanol–water partition coefficient (Wildman–Crippen LogP) is 0.262. The molecule has 0 radical (unpaired) electrons. The highest BCUT2D eigenvalue weighted by Crippen LogP contribution is 2.32. The molecule has 1 saturated heterocycles. The fourth-order valence-electron chi connectivity index (χ4n) is 2.15. The van der Waals surface area contributed by atoms with Crippen molar-refractivity contribution in [2.24, 2.45) is 11.1 Å². The number of aromatic nitrogens is 2. The van der Waals surface area contributed by atoms with Gasteiger partial charge in [-0.05, 0) is 25.3 Å². The lowest BCUT2D eigenvalue weighted by Crippen LogP contribution is -2.34. The molecule has 0 aliphatic carbocycles. The first kappa shape index (κ1) is 13.5. The molecule has 1 atom stereocenters. The highest BCUT2D eigenvalue weighted by Gasteiger charge is 2.39. The average molecular weight is 272 g/mol. The maximum atomic E-state index is 12.4. The van der Waals surface area contributed by atoms with Gasteiger partial charge in [-0.25, -0.2) is 8.42 Å². The smallest absolute Gasteiger partial charge is 0.246 e. The summed E-state index contributed by atoms with van der Waals surface area (Å²) in [6.07, 6.45) is 3.80. The number of rotatable bonds is 4. The monoisotopic (exact) mass is 272 g/mol. The molecule has 102 valence electrons. The van der Waals surface area contributed by atoms with E-state index in [9.17, 15) is 8.42 Å². The van der Waals surface area contributed by atoms with Gasteiger partial charge in [0.1, 0.15) is 4.90 Å². The van der Waals surface area contributed by atoms with Crippen LogP contribution in [0.3, 0.4) is 0 Å². The van der Waals surface area contributed by atoms with Gasteiger partial charge in [0.2, 0.25) is 10.0 Å². The molecule has 1 aromatic rings. The third-order valence-corrected chi connectivity index (χ3v) is 5.39. The van der Waals surface area contributed by atoms with Gasteiger partial charge in [0.15, 0.2) is 0 Å². The zero-order valence-electron chi connectivity index (χ0n) is 10.8. The molecule has 0 bridgehead atoms. The minimum Gasteiger partial charge on any atom is -0.330 e. The van der Waals surface area contributed by atoms with Crippen molar-refractivity contribution in [3.05, 3.63) is 12.4 Å². The fraction of sp³-hybridized carbons (Fsp3) is 0.727. The van der Waals surface area contributed by atoms with Crippen LogP contribution in [0.2, 0.25) is 0 Å². The van der Waals surface area contributed by atoms with E-state index in [2.05, 4.69) is 5.10 Å². The van der Waals surface area contributed by atoms with E-state index < -0.39 is 10.0 Å². The van der Waals surface area contributed by atoms with Crippen molar-refractivity contribution in [2.75, 3.05) is 19.6 Å². The van der Waals surface area contributed by atoms with Crippen molar-refractivity contribution in [3.8, 4) is 0 Å². The Morgan fingerprint density at radius 2 is 2.28 bits per heavy atom. The lowest BCUT2D eigenvalue weighted by molar-refractivity contribution is 0.349. The van der Waals surface area contributed by atoms with Crippen LogP contribution in [-0.4, -0.2) is 42.1 Å². The maximum absolute atomic E-state index is 12.4. The minimum absolute atomic E-state index is 0.103. The summed E-state index contributed by atoms with van der Waals surface area (Å²) >= 11 is 0. The van der Waals surface area contributed by atoms with E-state index in [1.54, 1.807) is 10.9 Å². The van der Waals surface area contributed by atoms with Crippen LogP contribution in [0, 0.1) is 5.41 Å². The van der Waals surface area contributed by atoms with Crippen LogP contribution in [-0.2, 0) is 16.6 Å².